The normalized spacial score (nSPS) is 19.5. The number of alkyl halides is 2. The fourth-order valence-corrected chi connectivity index (χ4v) is 5.07. The number of carbonyl (C=O) groups excluding carboxylic acids is 1. The number of amides is 1. The molecule has 3 aromatic rings. The predicted molar refractivity (Wildman–Crippen MR) is 142 cm³/mol. The average molecular weight is 535 g/mol. The lowest BCUT2D eigenvalue weighted by Gasteiger charge is -2.56. The second kappa shape index (κ2) is 9.98. The van der Waals surface area contributed by atoms with E-state index in [9.17, 15) is 18.8 Å². The standard InChI is InChI=1S/C27H28F2N8O2/c1-27(2,3)39-26(38)37-20-7-21(37)15-35(14-20)23-5-4-16(10-32-23)22-6-17(18(8-30)11-33-25(28)29)13-36-24(22)19(9-31)12-34-36/h4-6,8,10-13,20-21,25H,7,14-15,30H2,1-3H3. The highest BCUT2D eigenvalue weighted by Crippen LogP contribution is 2.36. The van der Waals surface area contributed by atoms with E-state index in [1.807, 2.05) is 37.8 Å². The number of rotatable bonds is 5. The number of halogens is 2. The minimum atomic E-state index is -2.87. The summed E-state index contributed by atoms with van der Waals surface area (Å²) in [5.41, 5.74) is 8.21. The SMILES string of the molecule is CC(C)(C)OC(=O)N1C2CC1CN(c1ccc(-c3cc(C(C=NC(F)F)=CN)cn4ncc(C#N)c34)cn1)C2. The van der Waals surface area contributed by atoms with Gasteiger partial charge in [-0.2, -0.15) is 19.1 Å². The number of ether oxygens (including phenoxy) is 1. The molecule has 2 bridgehead atoms. The number of aromatic nitrogens is 3. The molecule has 0 radical (unpaired) electrons. The number of hydrogen-bond donors (Lipinski definition) is 1. The summed E-state index contributed by atoms with van der Waals surface area (Å²) in [7, 11) is 0. The van der Waals surface area contributed by atoms with Crippen molar-refractivity contribution in [2.75, 3.05) is 18.0 Å². The Hall–Kier alpha value is -4.53. The molecule has 2 unspecified atom stereocenters. The molecule has 0 aromatic carbocycles. The van der Waals surface area contributed by atoms with E-state index in [2.05, 4.69) is 26.0 Å². The number of nitriles is 1. The molecule has 10 nitrogen and oxygen atoms in total. The van der Waals surface area contributed by atoms with E-state index in [1.165, 1.54) is 16.9 Å². The van der Waals surface area contributed by atoms with Gasteiger partial charge in [-0.15, -0.1) is 0 Å². The van der Waals surface area contributed by atoms with Crippen molar-refractivity contribution in [1.29, 1.82) is 5.26 Å². The first-order valence-corrected chi connectivity index (χ1v) is 12.5. The van der Waals surface area contributed by atoms with Crippen LogP contribution in [-0.2, 0) is 4.74 Å². The maximum atomic E-state index is 12.7. The van der Waals surface area contributed by atoms with E-state index in [4.69, 9.17) is 10.5 Å². The van der Waals surface area contributed by atoms with Crippen LogP contribution < -0.4 is 10.6 Å². The summed E-state index contributed by atoms with van der Waals surface area (Å²) in [5, 5.41) is 13.9. The van der Waals surface area contributed by atoms with Crippen molar-refractivity contribution >= 4 is 29.2 Å². The maximum Gasteiger partial charge on any atom is 0.410 e. The lowest BCUT2D eigenvalue weighted by Crippen LogP contribution is -2.70. The van der Waals surface area contributed by atoms with Crippen LogP contribution >= 0.6 is 0 Å². The van der Waals surface area contributed by atoms with E-state index >= 15 is 0 Å². The molecule has 1 amide bonds. The summed E-state index contributed by atoms with van der Waals surface area (Å²) in [6.07, 6.45) is 7.60. The zero-order chi connectivity index (χ0) is 27.9. The summed E-state index contributed by atoms with van der Waals surface area (Å²) in [6, 6.07) is 7.81. The lowest BCUT2D eigenvalue weighted by atomic mass is 9.88. The predicted octanol–water partition coefficient (Wildman–Crippen LogP) is 4.06. The van der Waals surface area contributed by atoms with Crippen LogP contribution in [0.25, 0.3) is 22.2 Å². The number of aliphatic imine (C=N–C) groups is 1. The number of allylic oxidation sites excluding steroid dienone is 1. The van der Waals surface area contributed by atoms with Gasteiger partial charge in [0, 0.05) is 60.2 Å². The number of piperidine rings is 1. The van der Waals surface area contributed by atoms with Gasteiger partial charge in [0.05, 0.1) is 29.4 Å². The average Bonchev–Trinajstić information content (AvgIpc) is 3.30. The summed E-state index contributed by atoms with van der Waals surface area (Å²) < 4.78 is 32.4. The Labute approximate surface area is 224 Å². The Morgan fingerprint density at radius 3 is 2.62 bits per heavy atom. The molecule has 2 atom stereocenters. The van der Waals surface area contributed by atoms with Gasteiger partial charge in [-0.25, -0.2) is 19.3 Å². The smallest absolute Gasteiger partial charge is 0.410 e. The second-order valence-electron chi connectivity index (χ2n) is 10.5. The van der Waals surface area contributed by atoms with Crippen LogP contribution in [0.2, 0.25) is 0 Å². The first-order valence-electron chi connectivity index (χ1n) is 12.5. The zero-order valence-corrected chi connectivity index (χ0v) is 21.8. The van der Waals surface area contributed by atoms with Crippen LogP contribution in [0.4, 0.5) is 19.4 Å². The van der Waals surface area contributed by atoms with Gasteiger partial charge in [0.2, 0.25) is 0 Å². The maximum absolute atomic E-state index is 12.7. The van der Waals surface area contributed by atoms with Crippen LogP contribution in [0.3, 0.4) is 0 Å². The van der Waals surface area contributed by atoms with Crippen molar-refractivity contribution in [1.82, 2.24) is 19.5 Å². The topological polar surface area (TPSA) is 125 Å². The van der Waals surface area contributed by atoms with Crippen molar-refractivity contribution in [2.45, 2.75) is 51.4 Å². The Morgan fingerprint density at radius 1 is 1.28 bits per heavy atom. The van der Waals surface area contributed by atoms with Gasteiger partial charge < -0.3 is 15.4 Å². The highest BCUT2D eigenvalue weighted by Gasteiger charge is 2.49. The van der Waals surface area contributed by atoms with Crippen molar-refractivity contribution < 1.29 is 18.3 Å². The number of fused-ring (bicyclic) bond motifs is 3. The molecule has 6 heterocycles. The highest BCUT2D eigenvalue weighted by atomic mass is 19.3. The van der Waals surface area contributed by atoms with Gasteiger partial charge >= 0.3 is 12.6 Å². The van der Waals surface area contributed by atoms with E-state index in [0.717, 1.165) is 18.5 Å². The van der Waals surface area contributed by atoms with Gasteiger partial charge in [-0.05, 0) is 45.4 Å². The Bertz CT molecular complexity index is 1490. The number of nitrogens with zero attached hydrogens (tertiary/aromatic N) is 7. The number of carbonyl (C=O) groups is 1. The fourth-order valence-electron chi connectivity index (χ4n) is 5.07. The summed E-state index contributed by atoms with van der Waals surface area (Å²) in [5.74, 6) is 0.769. The molecule has 3 aliphatic heterocycles. The van der Waals surface area contributed by atoms with E-state index in [1.54, 1.807) is 18.5 Å². The van der Waals surface area contributed by atoms with Crippen LogP contribution in [0.1, 0.15) is 38.3 Å². The van der Waals surface area contributed by atoms with Gasteiger partial charge in [0.1, 0.15) is 17.5 Å². The molecule has 6 rings (SSSR count). The highest BCUT2D eigenvalue weighted by molar-refractivity contribution is 6.10. The first-order chi connectivity index (χ1) is 18.6. The fraction of sp³-hybridized carbons (Fsp3) is 0.370. The molecule has 39 heavy (non-hydrogen) atoms. The minimum absolute atomic E-state index is 0.0673. The Balaban J connectivity index is 1.41. The largest absolute Gasteiger partial charge is 0.444 e. The Kier molecular flexibility index (Phi) is 6.68. The monoisotopic (exact) mass is 534 g/mol. The summed E-state index contributed by atoms with van der Waals surface area (Å²) in [4.78, 5) is 24.4. The molecule has 12 heteroatoms. The van der Waals surface area contributed by atoms with Crippen molar-refractivity contribution in [3.63, 3.8) is 0 Å². The van der Waals surface area contributed by atoms with Gasteiger partial charge in [-0.1, -0.05) is 0 Å². The molecule has 2 N–H and O–H groups in total. The number of anilines is 1. The first kappa shape index (κ1) is 26.1. The lowest BCUT2D eigenvalue weighted by molar-refractivity contribution is -0.0380. The molecular weight excluding hydrogens is 506 g/mol. The van der Waals surface area contributed by atoms with Crippen LogP contribution in [0.15, 0.2) is 48.0 Å². The summed E-state index contributed by atoms with van der Waals surface area (Å²) in [6.45, 7) is 4.00. The summed E-state index contributed by atoms with van der Waals surface area (Å²) >= 11 is 0. The number of piperazine rings is 1. The molecule has 0 aliphatic carbocycles. The van der Waals surface area contributed by atoms with E-state index in [-0.39, 0.29) is 23.8 Å². The Morgan fingerprint density at radius 2 is 2.03 bits per heavy atom. The molecule has 0 spiro atoms. The van der Waals surface area contributed by atoms with Gasteiger partial charge in [0.15, 0.2) is 0 Å². The number of hydrogen-bond acceptors (Lipinski definition) is 8. The zero-order valence-electron chi connectivity index (χ0n) is 21.8. The molecule has 3 aromatic heterocycles. The van der Waals surface area contributed by atoms with E-state index < -0.39 is 12.2 Å². The third-order valence-electron chi connectivity index (χ3n) is 6.75. The third kappa shape index (κ3) is 5.12. The van der Waals surface area contributed by atoms with Crippen molar-refractivity contribution in [3.05, 3.63) is 54.1 Å². The molecule has 3 aliphatic rings. The quantitative estimate of drug-likeness (QED) is 0.387. The van der Waals surface area contributed by atoms with Gasteiger partial charge in [-0.3, -0.25) is 4.90 Å². The molecular formula is C27H28F2N8O2. The van der Waals surface area contributed by atoms with Crippen molar-refractivity contribution in [3.8, 4) is 17.2 Å². The molecule has 3 fully saturated rings. The number of pyridine rings is 2. The minimum Gasteiger partial charge on any atom is -0.444 e. The van der Waals surface area contributed by atoms with Crippen LogP contribution in [0, 0.1) is 11.3 Å². The van der Waals surface area contributed by atoms with E-state index in [0.29, 0.717) is 40.9 Å². The van der Waals surface area contributed by atoms with Crippen LogP contribution in [-0.4, -0.2) is 69.1 Å². The molecule has 3 saturated heterocycles. The van der Waals surface area contributed by atoms with Crippen LogP contribution in [0.5, 0.6) is 0 Å². The number of nitrogens with two attached hydrogens (primary N) is 1. The van der Waals surface area contributed by atoms with Crippen molar-refractivity contribution in [2.24, 2.45) is 10.7 Å². The molecule has 202 valence electrons. The second-order valence-corrected chi connectivity index (χ2v) is 10.5. The molecule has 0 saturated carbocycles. The third-order valence-corrected chi connectivity index (χ3v) is 6.75. The van der Waals surface area contributed by atoms with Gasteiger partial charge in [0.25, 0.3) is 0 Å².